The second-order valence-corrected chi connectivity index (χ2v) is 6.63. The van der Waals surface area contributed by atoms with E-state index in [1.54, 1.807) is 19.0 Å². The first-order chi connectivity index (χ1) is 11.1. The standard InChI is InChI=1S/C15H26N6O2/c1-19(2)15(22)21-7-4-11(5-8-21)14-17-13(18-23-14)12-10-16-6-9-20(12)3/h11-12,16H,4-10H2,1-3H3. The summed E-state index contributed by atoms with van der Waals surface area (Å²) in [7, 11) is 5.66. The fraction of sp³-hybridized carbons (Fsp3) is 0.800. The Labute approximate surface area is 136 Å². The van der Waals surface area contributed by atoms with E-state index in [-0.39, 0.29) is 18.0 Å². The lowest BCUT2D eigenvalue weighted by atomic mass is 9.97. The molecule has 0 spiro atoms. The Hall–Kier alpha value is -1.67. The number of piperidine rings is 1. The zero-order valence-electron chi connectivity index (χ0n) is 14.2. The van der Waals surface area contributed by atoms with Gasteiger partial charge in [-0.3, -0.25) is 4.90 Å². The smallest absolute Gasteiger partial charge is 0.319 e. The number of amides is 2. The predicted molar refractivity (Wildman–Crippen MR) is 85.2 cm³/mol. The fourth-order valence-corrected chi connectivity index (χ4v) is 3.24. The van der Waals surface area contributed by atoms with E-state index in [9.17, 15) is 4.79 Å². The van der Waals surface area contributed by atoms with Crippen LogP contribution in [-0.2, 0) is 0 Å². The molecule has 1 aromatic heterocycles. The fourth-order valence-electron chi connectivity index (χ4n) is 3.24. The molecular formula is C15H26N6O2. The highest BCUT2D eigenvalue weighted by Crippen LogP contribution is 2.28. The number of nitrogens with zero attached hydrogens (tertiary/aromatic N) is 5. The number of piperazine rings is 1. The van der Waals surface area contributed by atoms with Crippen LogP contribution < -0.4 is 5.32 Å². The third-order valence-electron chi connectivity index (χ3n) is 4.76. The first-order valence-corrected chi connectivity index (χ1v) is 8.27. The van der Waals surface area contributed by atoms with Crippen LogP contribution in [-0.4, -0.2) is 84.7 Å². The summed E-state index contributed by atoms with van der Waals surface area (Å²) in [6.07, 6.45) is 1.75. The molecule has 0 saturated carbocycles. The van der Waals surface area contributed by atoms with E-state index in [4.69, 9.17) is 4.52 Å². The highest BCUT2D eigenvalue weighted by molar-refractivity contribution is 5.73. The topological polar surface area (TPSA) is 77.7 Å². The molecule has 128 valence electrons. The third-order valence-corrected chi connectivity index (χ3v) is 4.76. The number of likely N-dealkylation sites (tertiary alicyclic amines) is 1. The summed E-state index contributed by atoms with van der Waals surface area (Å²) >= 11 is 0. The highest BCUT2D eigenvalue weighted by Gasteiger charge is 2.30. The number of nitrogens with one attached hydrogen (secondary N) is 1. The lowest BCUT2D eigenvalue weighted by Crippen LogP contribution is -2.44. The number of rotatable bonds is 2. The van der Waals surface area contributed by atoms with E-state index in [1.165, 1.54) is 0 Å². The first-order valence-electron chi connectivity index (χ1n) is 8.27. The van der Waals surface area contributed by atoms with Crippen molar-refractivity contribution in [2.45, 2.75) is 24.8 Å². The molecule has 2 fully saturated rings. The number of urea groups is 1. The molecule has 1 atom stereocenters. The van der Waals surface area contributed by atoms with E-state index in [1.807, 2.05) is 4.90 Å². The van der Waals surface area contributed by atoms with Crippen LogP contribution in [0.5, 0.6) is 0 Å². The Bertz CT molecular complexity index is 538. The number of carbonyl (C=O) groups excluding carboxylic acids is 1. The summed E-state index contributed by atoms with van der Waals surface area (Å²) in [6.45, 7) is 4.31. The van der Waals surface area contributed by atoms with E-state index < -0.39 is 0 Å². The van der Waals surface area contributed by atoms with Crippen LogP contribution in [0, 0.1) is 0 Å². The van der Waals surface area contributed by atoms with Crippen LogP contribution in [0.25, 0.3) is 0 Å². The molecule has 8 heteroatoms. The van der Waals surface area contributed by atoms with E-state index >= 15 is 0 Å². The molecule has 2 aliphatic rings. The van der Waals surface area contributed by atoms with Gasteiger partial charge < -0.3 is 19.6 Å². The number of carbonyl (C=O) groups is 1. The first kappa shape index (κ1) is 16.2. The van der Waals surface area contributed by atoms with Gasteiger partial charge in [0, 0.05) is 52.7 Å². The normalized spacial score (nSPS) is 24.0. The van der Waals surface area contributed by atoms with Crippen molar-refractivity contribution in [3.63, 3.8) is 0 Å². The maximum Gasteiger partial charge on any atom is 0.319 e. The molecule has 2 saturated heterocycles. The van der Waals surface area contributed by atoms with Gasteiger partial charge in [0.05, 0.1) is 6.04 Å². The molecular weight excluding hydrogens is 296 g/mol. The molecule has 8 nitrogen and oxygen atoms in total. The monoisotopic (exact) mass is 322 g/mol. The number of hydrogen-bond donors (Lipinski definition) is 1. The number of likely N-dealkylation sites (N-methyl/N-ethyl adjacent to an activating group) is 1. The molecule has 0 aromatic carbocycles. The molecule has 2 aliphatic heterocycles. The molecule has 3 rings (SSSR count). The van der Waals surface area contributed by atoms with Crippen molar-refractivity contribution in [2.75, 3.05) is 53.9 Å². The minimum Gasteiger partial charge on any atom is -0.339 e. The van der Waals surface area contributed by atoms with Crippen LogP contribution >= 0.6 is 0 Å². The zero-order valence-corrected chi connectivity index (χ0v) is 14.2. The van der Waals surface area contributed by atoms with Crippen LogP contribution in [0.4, 0.5) is 4.79 Å². The van der Waals surface area contributed by atoms with Gasteiger partial charge in [-0.1, -0.05) is 5.16 Å². The van der Waals surface area contributed by atoms with Crippen LogP contribution in [0.15, 0.2) is 4.52 Å². The van der Waals surface area contributed by atoms with Gasteiger partial charge in [-0.15, -0.1) is 0 Å². The lowest BCUT2D eigenvalue weighted by molar-refractivity contribution is 0.152. The molecule has 0 radical (unpaired) electrons. The molecule has 1 unspecified atom stereocenters. The molecule has 0 bridgehead atoms. The van der Waals surface area contributed by atoms with Crippen molar-refractivity contribution >= 4 is 6.03 Å². The van der Waals surface area contributed by atoms with Crippen molar-refractivity contribution < 1.29 is 9.32 Å². The Morgan fingerprint density at radius 1 is 1.30 bits per heavy atom. The average Bonchev–Trinajstić information content (AvgIpc) is 3.04. The van der Waals surface area contributed by atoms with Crippen molar-refractivity contribution in [1.82, 2.24) is 30.2 Å². The van der Waals surface area contributed by atoms with Crippen LogP contribution in [0.2, 0.25) is 0 Å². The van der Waals surface area contributed by atoms with E-state index in [2.05, 4.69) is 27.4 Å². The molecule has 1 N–H and O–H groups in total. The SMILES string of the molecule is CN(C)C(=O)N1CCC(c2nc(C3CNCCN3C)no2)CC1. The van der Waals surface area contributed by atoms with Gasteiger partial charge >= 0.3 is 6.03 Å². The van der Waals surface area contributed by atoms with Gasteiger partial charge in [-0.2, -0.15) is 4.98 Å². The minimum atomic E-state index is 0.0737. The van der Waals surface area contributed by atoms with Gasteiger partial charge in [0.15, 0.2) is 5.82 Å². The maximum absolute atomic E-state index is 12.0. The molecule has 2 amide bonds. The van der Waals surface area contributed by atoms with Gasteiger partial charge in [0.2, 0.25) is 5.89 Å². The van der Waals surface area contributed by atoms with Crippen molar-refractivity contribution in [1.29, 1.82) is 0 Å². The quantitative estimate of drug-likeness (QED) is 0.855. The number of hydrogen-bond acceptors (Lipinski definition) is 6. The highest BCUT2D eigenvalue weighted by atomic mass is 16.5. The van der Waals surface area contributed by atoms with Gasteiger partial charge in [-0.05, 0) is 19.9 Å². The second-order valence-electron chi connectivity index (χ2n) is 6.63. The van der Waals surface area contributed by atoms with E-state index in [0.717, 1.165) is 57.3 Å². The summed E-state index contributed by atoms with van der Waals surface area (Å²) < 4.78 is 5.52. The Balaban J connectivity index is 1.60. The molecule has 23 heavy (non-hydrogen) atoms. The maximum atomic E-state index is 12.0. The minimum absolute atomic E-state index is 0.0737. The zero-order chi connectivity index (χ0) is 16.4. The average molecular weight is 322 g/mol. The third kappa shape index (κ3) is 3.48. The summed E-state index contributed by atoms with van der Waals surface area (Å²) in [5, 5.41) is 7.56. The van der Waals surface area contributed by atoms with Crippen molar-refractivity contribution in [3.05, 3.63) is 11.7 Å². The predicted octanol–water partition coefficient (Wildman–Crippen LogP) is 0.507. The number of aromatic nitrogens is 2. The molecule has 3 heterocycles. The summed E-state index contributed by atoms with van der Waals surface area (Å²) in [5.74, 6) is 1.74. The second kappa shape index (κ2) is 6.84. The van der Waals surface area contributed by atoms with Gasteiger partial charge in [-0.25, -0.2) is 4.79 Å². The Morgan fingerprint density at radius 2 is 2.04 bits per heavy atom. The van der Waals surface area contributed by atoms with Crippen molar-refractivity contribution in [3.8, 4) is 0 Å². The Kier molecular flexibility index (Phi) is 4.82. The summed E-state index contributed by atoms with van der Waals surface area (Å²) in [6, 6.07) is 0.251. The lowest BCUT2D eigenvalue weighted by Gasteiger charge is -2.32. The molecule has 1 aromatic rings. The van der Waals surface area contributed by atoms with Crippen LogP contribution in [0.3, 0.4) is 0 Å². The Morgan fingerprint density at radius 3 is 2.70 bits per heavy atom. The van der Waals surface area contributed by atoms with Crippen LogP contribution in [0.1, 0.15) is 36.5 Å². The molecule has 0 aliphatic carbocycles. The van der Waals surface area contributed by atoms with Gasteiger partial charge in [0.25, 0.3) is 0 Å². The van der Waals surface area contributed by atoms with Gasteiger partial charge in [0.1, 0.15) is 0 Å². The van der Waals surface area contributed by atoms with Crippen molar-refractivity contribution in [2.24, 2.45) is 0 Å². The largest absolute Gasteiger partial charge is 0.339 e. The summed E-state index contributed by atoms with van der Waals surface area (Å²) in [5.41, 5.74) is 0. The van der Waals surface area contributed by atoms with E-state index in [0.29, 0.717) is 0 Å². The summed E-state index contributed by atoms with van der Waals surface area (Å²) in [4.78, 5) is 22.4.